The van der Waals surface area contributed by atoms with Gasteiger partial charge in [-0.15, -0.1) is 10.2 Å². The van der Waals surface area contributed by atoms with Crippen LogP contribution in [0.3, 0.4) is 0 Å². The highest BCUT2D eigenvalue weighted by Gasteiger charge is 2.56. The summed E-state index contributed by atoms with van der Waals surface area (Å²) in [5.41, 5.74) is -1.44. The van der Waals surface area contributed by atoms with Crippen LogP contribution in [0.5, 0.6) is 0 Å². The van der Waals surface area contributed by atoms with Gasteiger partial charge in [-0.2, -0.15) is 0 Å². The van der Waals surface area contributed by atoms with Gasteiger partial charge in [0.05, 0.1) is 59.9 Å². The van der Waals surface area contributed by atoms with E-state index in [1.807, 2.05) is 63.0 Å². The topological polar surface area (TPSA) is 268 Å². The molecule has 7 rings (SSSR count). The van der Waals surface area contributed by atoms with Gasteiger partial charge in [-0.3, -0.25) is 14.3 Å². The van der Waals surface area contributed by atoms with Crippen molar-refractivity contribution in [3.05, 3.63) is 41.7 Å². The number of H-pyrrole nitrogens is 1. The van der Waals surface area contributed by atoms with Crippen LogP contribution in [0.25, 0.3) is 11.4 Å². The van der Waals surface area contributed by atoms with Gasteiger partial charge in [0, 0.05) is 68.6 Å². The fourth-order valence-electron chi connectivity index (χ4n) is 11.1. The number of aryl methyl sites for hydroxylation is 2. The van der Waals surface area contributed by atoms with Crippen molar-refractivity contribution in [3.63, 3.8) is 0 Å². The fraction of sp³-hybridized carbons (Fsp3) is 0.776. The third-order valence-corrected chi connectivity index (χ3v) is 15.7. The molecule has 0 radical (unpaired) electrons. The second kappa shape index (κ2) is 22.1. The van der Waals surface area contributed by atoms with E-state index in [-0.39, 0.29) is 37.8 Å². The first-order valence-electron chi connectivity index (χ1n) is 24.8. The molecule has 21 nitrogen and oxygen atoms in total. The van der Waals surface area contributed by atoms with E-state index >= 15 is 0 Å². The Morgan fingerprint density at radius 1 is 0.943 bits per heavy atom. The summed E-state index contributed by atoms with van der Waals surface area (Å²) in [4.78, 5) is 30.7. The van der Waals surface area contributed by atoms with Crippen molar-refractivity contribution < 1.29 is 63.2 Å². The summed E-state index contributed by atoms with van der Waals surface area (Å²) >= 11 is 0. The number of fused-ring (bicyclic) bond motifs is 2. The molecule has 0 amide bonds. The number of nitrogens with zero attached hydrogens (tertiary/aromatic N) is 7. The van der Waals surface area contributed by atoms with Crippen molar-refractivity contribution >= 4 is 11.8 Å². The molecule has 0 spiro atoms. The van der Waals surface area contributed by atoms with Gasteiger partial charge in [-0.1, -0.05) is 50.3 Å². The molecule has 4 fully saturated rings. The number of rotatable bonds is 14. The Hall–Kier alpha value is -3.87. The average molecular weight is 985 g/mol. The van der Waals surface area contributed by atoms with Crippen LogP contribution in [0, 0.1) is 23.7 Å². The number of cyclic esters (lactones) is 1. The number of ketones is 1. The van der Waals surface area contributed by atoms with Crippen molar-refractivity contribution in [2.24, 2.45) is 23.7 Å². The fourth-order valence-corrected chi connectivity index (χ4v) is 11.1. The lowest BCUT2D eigenvalue weighted by atomic mass is 9.75. The van der Waals surface area contributed by atoms with Gasteiger partial charge in [0.2, 0.25) is 0 Å². The molecule has 2 aromatic heterocycles. The molecule has 70 heavy (non-hydrogen) atoms. The number of ether oxygens (including phenoxy) is 7. The first-order chi connectivity index (χ1) is 33.1. The predicted octanol–water partition coefficient (Wildman–Crippen LogP) is 2.43. The molecule has 390 valence electrons. The summed E-state index contributed by atoms with van der Waals surface area (Å²) in [6.45, 7) is 16.6. The van der Waals surface area contributed by atoms with Gasteiger partial charge >= 0.3 is 5.97 Å². The zero-order valence-electron chi connectivity index (χ0n) is 42.5. The molecule has 21 heteroatoms. The van der Waals surface area contributed by atoms with Gasteiger partial charge in [-0.25, -0.2) is 5.10 Å². The molecule has 1 aromatic carbocycles. The summed E-state index contributed by atoms with van der Waals surface area (Å²) in [6.07, 6.45) is -5.95. The molecule has 2 bridgehead atoms. The number of hydrogen-bond acceptors (Lipinski definition) is 19. The van der Waals surface area contributed by atoms with Crippen LogP contribution in [0.2, 0.25) is 0 Å². The smallest absolute Gasteiger partial charge is 0.311 e. The standard InChI is InChI=1S/C49H76N8O13/c1-12-36-49(9,63)41(60)27(3)38(58)33-22-48(8,65-25-33)43(28(4)40(29(5)45(62)68-36)69-37-23-47(7,64-11)42(61)30(6)67-37)70-46-39(59)35(21-26(2)66-46)56(10)19-18-34-24-57(55-50-34)20-17-31-13-15-32(16-14-31)44-51-53-54-52-44/h13-16,24,26-30,33,35-37,39-43,46,59-61,63H,12,17-23,25H2,1-11H3,(H,51,52,53,54)/t26-,27+,28+,29-,30+,33+,35+,36-,37+,39-,40+,41-,42+,43-,46+,47-,48-,49-/m1/s1. The number of hydrogen-bond donors (Lipinski definition) is 5. The first kappa shape index (κ1) is 53.9. The highest BCUT2D eigenvalue weighted by Crippen LogP contribution is 2.44. The number of esters is 1. The van der Waals surface area contributed by atoms with E-state index in [0.29, 0.717) is 31.8 Å². The summed E-state index contributed by atoms with van der Waals surface area (Å²) in [5.74, 6) is -3.95. The normalized spacial score (nSPS) is 40.0. The first-order valence-corrected chi connectivity index (χ1v) is 24.8. The predicted molar refractivity (Wildman–Crippen MR) is 250 cm³/mol. The Balaban J connectivity index is 1.11. The van der Waals surface area contributed by atoms with Gasteiger partial charge in [0.25, 0.3) is 0 Å². The number of likely N-dealkylation sites (N-methyl/N-ethyl adjacent to an activating group) is 1. The highest BCUT2D eigenvalue weighted by molar-refractivity contribution is 5.84. The molecule has 4 aliphatic rings. The third-order valence-electron chi connectivity index (χ3n) is 15.7. The van der Waals surface area contributed by atoms with Crippen LogP contribution in [-0.2, 0) is 62.1 Å². The third kappa shape index (κ3) is 11.5. The van der Waals surface area contributed by atoms with E-state index in [0.717, 1.165) is 23.2 Å². The zero-order valence-corrected chi connectivity index (χ0v) is 42.5. The molecule has 18 atom stereocenters. The van der Waals surface area contributed by atoms with Gasteiger partial charge in [0.1, 0.15) is 29.7 Å². The molecular formula is C49H76N8O13. The van der Waals surface area contributed by atoms with Crippen LogP contribution in [-0.4, -0.2) is 184 Å². The van der Waals surface area contributed by atoms with Crippen LogP contribution in [0.1, 0.15) is 99.3 Å². The minimum atomic E-state index is -1.99. The number of methoxy groups -OCH3 is 1. The summed E-state index contributed by atoms with van der Waals surface area (Å²) in [6, 6.07) is 7.60. The molecule has 0 unspecified atom stereocenters. The molecule has 0 aliphatic carbocycles. The molecule has 4 saturated heterocycles. The van der Waals surface area contributed by atoms with E-state index < -0.39 is 108 Å². The molecule has 3 aromatic rings. The number of carbonyl (C=O) groups is 2. The molecule has 4 aliphatic heterocycles. The van der Waals surface area contributed by atoms with E-state index in [4.69, 9.17) is 33.2 Å². The van der Waals surface area contributed by atoms with E-state index in [1.54, 1.807) is 34.6 Å². The van der Waals surface area contributed by atoms with Crippen molar-refractivity contribution in [1.82, 2.24) is 40.5 Å². The second-order valence-corrected chi connectivity index (χ2v) is 21.0. The number of aliphatic hydroxyl groups is 4. The number of nitrogens with one attached hydrogen (secondary N) is 1. The van der Waals surface area contributed by atoms with Crippen molar-refractivity contribution in [2.75, 3.05) is 27.3 Å². The Kier molecular flexibility index (Phi) is 17.0. The minimum Gasteiger partial charge on any atom is -0.459 e. The maximum Gasteiger partial charge on any atom is 0.311 e. The lowest BCUT2D eigenvalue weighted by molar-refractivity contribution is -0.317. The van der Waals surface area contributed by atoms with Crippen molar-refractivity contribution in [3.8, 4) is 11.4 Å². The Morgan fingerprint density at radius 3 is 2.34 bits per heavy atom. The Labute approximate surface area is 410 Å². The summed E-state index contributed by atoms with van der Waals surface area (Å²) in [7, 11) is 3.45. The molecule has 5 N–H and O–H groups in total. The van der Waals surface area contributed by atoms with E-state index in [9.17, 15) is 30.0 Å². The van der Waals surface area contributed by atoms with E-state index in [1.165, 1.54) is 14.0 Å². The van der Waals surface area contributed by atoms with Crippen molar-refractivity contribution in [2.45, 2.75) is 192 Å². The number of aromatic amines is 1. The SMILES string of the molecule is CC[C@H]1OC(=O)[C@H](C)[C@@H](O[C@H]2C[C@@](C)(OC)[C@@H](O)[C@H](C)O2)[C@H](C)[C@@H](O[C@@H]2O[C@H](C)C[C@H](N(C)CCc3cn(CCc4ccc(-c5nnn[nH]5)cc4)nn3)[C@H]2O)[C@@]2(C)C[C@@H](CO2)C(=O)[C@H](C)[C@@H](O)[C@]1(C)O. The number of tetrazole rings is 1. The Bertz CT molecular complexity index is 2180. The minimum absolute atomic E-state index is 0.00157. The number of aromatic nitrogens is 7. The van der Waals surface area contributed by atoms with Crippen molar-refractivity contribution in [1.29, 1.82) is 0 Å². The number of aliphatic hydroxyl groups excluding tert-OH is 3. The highest BCUT2D eigenvalue weighted by atomic mass is 16.7. The molecule has 6 heterocycles. The van der Waals surface area contributed by atoms with Crippen LogP contribution >= 0.6 is 0 Å². The van der Waals surface area contributed by atoms with Crippen LogP contribution < -0.4 is 0 Å². The zero-order chi connectivity index (χ0) is 50.9. The monoisotopic (exact) mass is 985 g/mol. The quantitative estimate of drug-likeness (QED) is 0.145. The average Bonchev–Trinajstić information content (AvgIpc) is 4.14. The van der Waals surface area contributed by atoms with Gasteiger partial charge < -0.3 is 58.5 Å². The second-order valence-electron chi connectivity index (χ2n) is 21.0. The number of benzene rings is 1. The lowest BCUT2D eigenvalue weighted by Crippen LogP contribution is -2.61. The van der Waals surface area contributed by atoms with Gasteiger partial charge in [0.15, 0.2) is 18.4 Å². The maximum absolute atomic E-state index is 14.4. The van der Waals surface area contributed by atoms with Gasteiger partial charge in [-0.05, 0) is 90.3 Å². The lowest BCUT2D eigenvalue weighted by Gasteiger charge is -2.49. The van der Waals surface area contributed by atoms with Crippen LogP contribution in [0.15, 0.2) is 30.5 Å². The molecule has 0 saturated carbocycles. The van der Waals surface area contributed by atoms with Crippen LogP contribution in [0.4, 0.5) is 0 Å². The van der Waals surface area contributed by atoms with E-state index in [2.05, 4.69) is 35.8 Å². The summed E-state index contributed by atoms with van der Waals surface area (Å²) in [5, 5.41) is 69.5. The molecular weight excluding hydrogens is 909 g/mol. The largest absolute Gasteiger partial charge is 0.459 e. The maximum atomic E-state index is 14.4. The Morgan fingerprint density at radius 2 is 1.67 bits per heavy atom. The summed E-state index contributed by atoms with van der Waals surface area (Å²) < 4.78 is 46.8. The number of Topliss-reactive ketones (excluding diaryl/α,β-unsaturated/α-hetero) is 1. The number of carbonyl (C=O) groups excluding carboxylic acids is 2.